The van der Waals surface area contributed by atoms with Gasteiger partial charge in [-0.3, -0.25) is 24.3 Å². The van der Waals surface area contributed by atoms with Crippen molar-refractivity contribution in [2.45, 2.75) is 19.5 Å². The summed E-state index contributed by atoms with van der Waals surface area (Å²) in [5.41, 5.74) is 0.183. The molecule has 1 heterocycles. The molecular formula is C15H14BrN3O4. The summed E-state index contributed by atoms with van der Waals surface area (Å²) in [4.78, 5) is 33.9. The summed E-state index contributed by atoms with van der Waals surface area (Å²) in [6.45, 7) is 1.53. The van der Waals surface area contributed by atoms with E-state index in [2.05, 4.69) is 21.2 Å². The highest BCUT2D eigenvalue weighted by Gasteiger charge is 2.14. The zero-order chi connectivity index (χ0) is 17.0. The van der Waals surface area contributed by atoms with E-state index in [4.69, 9.17) is 0 Å². The summed E-state index contributed by atoms with van der Waals surface area (Å²) in [7, 11) is 0. The van der Waals surface area contributed by atoms with Gasteiger partial charge in [0, 0.05) is 16.6 Å². The Bertz CT molecular complexity index is 803. The third-order valence-corrected chi connectivity index (χ3v) is 3.96. The third kappa shape index (κ3) is 4.26. The zero-order valence-electron chi connectivity index (χ0n) is 12.2. The number of amides is 1. The van der Waals surface area contributed by atoms with Crippen molar-refractivity contribution in [3.05, 3.63) is 73.1 Å². The number of benzene rings is 1. The lowest BCUT2D eigenvalue weighted by atomic mass is 10.1. The van der Waals surface area contributed by atoms with Crippen LogP contribution in [0.2, 0.25) is 0 Å². The second-order valence-corrected chi connectivity index (χ2v) is 5.78. The number of rotatable bonds is 5. The minimum absolute atomic E-state index is 0.240. The highest BCUT2D eigenvalue weighted by Crippen LogP contribution is 2.22. The molecule has 2 rings (SSSR count). The Morgan fingerprint density at radius 3 is 2.70 bits per heavy atom. The molecule has 1 amide bonds. The van der Waals surface area contributed by atoms with Crippen LogP contribution in [0.15, 0.2) is 51.9 Å². The maximum atomic E-state index is 12.1. The number of halogens is 1. The molecule has 0 radical (unpaired) electrons. The van der Waals surface area contributed by atoms with Crippen molar-refractivity contribution < 1.29 is 9.72 Å². The van der Waals surface area contributed by atoms with Gasteiger partial charge in [-0.1, -0.05) is 34.1 Å². The topological polar surface area (TPSA) is 94.2 Å². The van der Waals surface area contributed by atoms with E-state index in [0.29, 0.717) is 0 Å². The number of nitrogens with zero attached hydrogens (tertiary/aromatic N) is 2. The standard InChI is InChI=1S/C15H14BrN3O4/c1-10(12-4-2-3-5-13(12)16)17-14(20)9-18-8-11(19(22)23)6-7-15(18)21/h2-8,10H,9H2,1H3,(H,17,20)/t10-/m1/s1. The van der Waals surface area contributed by atoms with Crippen LogP contribution >= 0.6 is 15.9 Å². The third-order valence-electron chi connectivity index (χ3n) is 3.24. The molecule has 120 valence electrons. The summed E-state index contributed by atoms with van der Waals surface area (Å²) in [5, 5.41) is 13.5. The SMILES string of the molecule is C[C@@H](NC(=O)Cn1cc([N+](=O)[O-])ccc1=O)c1ccccc1Br. The number of hydrogen-bond acceptors (Lipinski definition) is 4. The molecule has 1 N–H and O–H groups in total. The fraction of sp³-hybridized carbons (Fsp3) is 0.200. The molecule has 0 spiro atoms. The summed E-state index contributed by atoms with van der Waals surface area (Å²) < 4.78 is 1.88. The molecule has 0 aliphatic heterocycles. The van der Waals surface area contributed by atoms with Crippen LogP contribution < -0.4 is 10.9 Å². The Labute approximate surface area is 140 Å². The Morgan fingerprint density at radius 2 is 2.04 bits per heavy atom. The second kappa shape index (κ2) is 7.19. The summed E-state index contributed by atoms with van der Waals surface area (Å²) in [5.74, 6) is -0.407. The van der Waals surface area contributed by atoms with Gasteiger partial charge in [0.05, 0.1) is 17.2 Å². The molecule has 0 saturated carbocycles. The number of aromatic nitrogens is 1. The molecule has 23 heavy (non-hydrogen) atoms. The Morgan fingerprint density at radius 1 is 1.35 bits per heavy atom. The molecule has 1 aromatic carbocycles. The normalized spacial score (nSPS) is 11.7. The lowest BCUT2D eigenvalue weighted by molar-refractivity contribution is -0.385. The average Bonchev–Trinajstić information content (AvgIpc) is 2.49. The monoisotopic (exact) mass is 379 g/mol. The Balaban J connectivity index is 2.11. The minimum Gasteiger partial charge on any atom is -0.348 e. The average molecular weight is 380 g/mol. The van der Waals surface area contributed by atoms with Gasteiger partial charge < -0.3 is 5.32 Å². The van der Waals surface area contributed by atoms with Crippen LogP contribution in [0.1, 0.15) is 18.5 Å². The number of carbonyl (C=O) groups excluding carboxylic acids is 1. The quantitative estimate of drug-likeness (QED) is 0.637. The highest BCUT2D eigenvalue weighted by atomic mass is 79.9. The maximum Gasteiger partial charge on any atom is 0.285 e. The van der Waals surface area contributed by atoms with Gasteiger partial charge >= 0.3 is 0 Å². The summed E-state index contributed by atoms with van der Waals surface area (Å²) in [6, 6.07) is 9.37. The maximum absolute atomic E-state index is 12.1. The lowest BCUT2D eigenvalue weighted by Crippen LogP contribution is -2.33. The first-order valence-electron chi connectivity index (χ1n) is 6.77. The number of pyridine rings is 1. The number of hydrogen-bond donors (Lipinski definition) is 1. The van der Waals surface area contributed by atoms with Gasteiger partial charge in [-0.15, -0.1) is 0 Å². The number of nitrogens with one attached hydrogen (secondary N) is 1. The summed E-state index contributed by atoms with van der Waals surface area (Å²) >= 11 is 3.41. The molecule has 1 aromatic heterocycles. The van der Waals surface area contributed by atoms with E-state index in [1.54, 1.807) is 0 Å². The molecule has 0 fully saturated rings. The van der Waals surface area contributed by atoms with Crippen LogP contribution in [0.25, 0.3) is 0 Å². The van der Waals surface area contributed by atoms with Gasteiger partial charge in [0.15, 0.2) is 0 Å². The molecule has 7 nitrogen and oxygen atoms in total. The molecular weight excluding hydrogens is 366 g/mol. The van der Waals surface area contributed by atoms with Gasteiger partial charge in [-0.25, -0.2) is 0 Å². The van der Waals surface area contributed by atoms with Crippen LogP contribution in [0.3, 0.4) is 0 Å². The Hall–Kier alpha value is -2.48. The van der Waals surface area contributed by atoms with Crippen LogP contribution in [0.5, 0.6) is 0 Å². The van der Waals surface area contributed by atoms with Crippen LogP contribution in [0.4, 0.5) is 5.69 Å². The number of nitro groups is 1. The zero-order valence-corrected chi connectivity index (χ0v) is 13.8. The van der Waals surface area contributed by atoms with E-state index in [1.165, 1.54) is 0 Å². The van der Waals surface area contributed by atoms with Crippen molar-refractivity contribution in [2.75, 3.05) is 0 Å². The smallest absolute Gasteiger partial charge is 0.285 e. The van der Waals surface area contributed by atoms with E-state index in [0.717, 1.165) is 32.9 Å². The van der Waals surface area contributed by atoms with Gasteiger partial charge in [0.25, 0.3) is 11.2 Å². The summed E-state index contributed by atoms with van der Waals surface area (Å²) in [6.07, 6.45) is 1.06. The van der Waals surface area contributed by atoms with E-state index < -0.39 is 16.4 Å². The first kappa shape index (κ1) is 16.9. The van der Waals surface area contributed by atoms with Crippen LogP contribution in [0, 0.1) is 10.1 Å². The van der Waals surface area contributed by atoms with Crippen LogP contribution in [-0.2, 0) is 11.3 Å². The van der Waals surface area contributed by atoms with Gasteiger partial charge in [-0.2, -0.15) is 0 Å². The van der Waals surface area contributed by atoms with Crippen molar-refractivity contribution in [3.8, 4) is 0 Å². The van der Waals surface area contributed by atoms with Gasteiger partial charge in [0.1, 0.15) is 6.54 Å². The predicted octanol–water partition coefficient (Wildman–Crippen LogP) is 2.40. The first-order valence-corrected chi connectivity index (χ1v) is 7.56. The molecule has 0 aliphatic carbocycles. The highest BCUT2D eigenvalue weighted by molar-refractivity contribution is 9.10. The van der Waals surface area contributed by atoms with Crippen molar-refractivity contribution in [2.24, 2.45) is 0 Å². The van der Waals surface area contributed by atoms with Crippen LogP contribution in [-0.4, -0.2) is 15.4 Å². The van der Waals surface area contributed by atoms with E-state index in [9.17, 15) is 19.7 Å². The van der Waals surface area contributed by atoms with E-state index >= 15 is 0 Å². The molecule has 2 aromatic rings. The van der Waals surface area contributed by atoms with Crippen molar-refractivity contribution in [1.29, 1.82) is 0 Å². The molecule has 0 unspecified atom stereocenters. The predicted molar refractivity (Wildman–Crippen MR) is 88.1 cm³/mol. The lowest BCUT2D eigenvalue weighted by Gasteiger charge is -2.16. The fourth-order valence-corrected chi connectivity index (χ4v) is 2.72. The molecule has 0 bridgehead atoms. The van der Waals surface area contributed by atoms with Crippen molar-refractivity contribution in [3.63, 3.8) is 0 Å². The largest absolute Gasteiger partial charge is 0.348 e. The number of carbonyl (C=O) groups is 1. The van der Waals surface area contributed by atoms with Crippen molar-refractivity contribution in [1.82, 2.24) is 9.88 Å². The molecule has 1 atom stereocenters. The first-order chi connectivity index (χ1) is 10.9. The molecule has 0 aliphatic rings. The minimum atomic E-state index is -0.614. The second-order valence-electron chi connectivity index (χ2n) is 4.92. The van der Waals surface area contributed by atoms with Gasteiger partial charge in [0.2, 0.25) is 5.91 Å². The fourth-order valence-electron chi connectivity index (χ4n) is 2.10. The molecule has 0 saturated heterocycles. The van der Waals surface area contributed by atoms with Crippen molar-refractivity contribution >= 4 is 27.5 Å². The Kier molecular flexibility index (Phi) is 5.28. The van der Waals surface area contributed by atoms with Gasteiger partial charge in [-0.05, 0) is 18.6 Å². The molecule has 8 heteroatoms. The van der Waals surface area contributed by atoms with E-state index in [-0.39, 0.29) is 18.3 Å². The van der Waals surface area contributed by atoms with E-state index in [1.807, 2.05) is 31.2 Å².